The Kier molecular flexibility index (Phi) is 5.34. The minimum Gasteiger partial charge on any atom is -0.296 e. The summed E-state index contributed by atoms with van der Waals surface area (Å²) >= 11 is 1.81. The standard InChI is InChI=1S/C21H27NS/c1-3-21(20-13-15-23-17-20,22(2)16-19-11-12-19)14-7-10-18-8-5-4-6-9-18/h4-10,13,15,17,19H,3,11-12,14,16H2,1-2H3. The van der Waals surface area contributed by atoms with Gasteiger partial charge in [-0.2, -0.15) is 11.3 Å². The molecule has 0 spiro atoms. The summed E-state index contributed by atoms with van der Waals surface area (Å²) in [6, 6.07) is 12.9. The van der Waals surface area contributed by atoms with Crippen molar-refractivity contribution in [2.24, 2.45) is 5.92 Å². The zero-order chi connectivity index (χ0) is 16.1. The first kappa shape index (κ1) is 16.5. The minimum atomic E-state index is 0.133. The van der Waals surface area contributed by atoms with Crippen molar-refractivity contribution in [3.05, 3.63) is 64.4 Å². The molecule has 23 heavy (non-hydrogen) atoms. The third-order valence-electron chi connectivity index (χ3n) is 5.17. The summed E-state index contributed by atoms with van der Waals surface area (Å²) < 4.78 is 0. The van der Waals surface area contributed by atoms with Gasteiger partial charge in [0.15, 0.2) is 0 Å². The molecular formula is C21H27NS. The number of benzene rings is 1. The lowest BCUT2D eigenvalue weighted by atomic mass is 9.83. The molecule has 1 aliphatic carbocycles. The van der Waals surface area contributed by atoms with Crippen molar-refractivity contribution in [1.29, 1.82) is 0 Å². The van der Waals surface area contributed by atoms with E-state index >= 15 is 0 Å². The van der Waals surface area contributed by atoms with Crippen LogP contribution in [0, 0.1) is 5.92 Å². The van der Waals surface area contributed by atoms with E-state index < -0.39 is 0 Å². The SMILES string of the molecule is CCC(CC=Cc1ccccc1)(c1ccsc1)N(C)CC1CC1. The quantitative estimate of drug-likeness (QED) is 0.593. The van der Waals surface area contributed by atoms with E-state index in [9.17, 15) is 0 Å². The minimum absolute atomic E-state index is 0.133. The van der Waals surface area contributed by atoms with Crippen LogP contribution in [0.15, 0.2) is 53.2 Å². The molecule has 3 rings (SSSR count). The summed E-state index contributed by atoms with van der Waals surface area (Å²) in [6.07, 6.45) is 9.66. The second kappa shape index (κ2) is 7.46. The third-order valence-corrected chi connectivity index (χ3v) is 5.85. The summed E-state index contributed by atoms with van der Waals surface area (Å²) in [6.45, 7) is 3.56. The first-order chi connectivity index (χ1) is 11.2. The van der Waals surface area contributed by atoms with Crippen LogP contribution >= 0.6 is 11.3 Å². The summed E-state index contributed by atoms with van der Waals surface area (Å²) in [5.74, 6) is 0.919. The van der Waals surface area contributed by atoms with Gasteiger partial charge in [-0.25, -0.2) is 0 Å². The smallest absolute Gasteiger partial charge is 0.0497 e. The van der Waals surface area contributed by atoms with Crippen LogP contribution in [0.25, 0.3) is 6.08 Å². The van der Waals surface area contributed by atoms with Crippen molar-refractivity contribution >= 4 is 17.4 Å². The molecule has 0 saturated heterocycles. The van der Waals surface area contributed by atoms with Gasteiger partial charge in [0.2, 0.25) is 0 Å². The molecule has 1 aromatic heterocycles. The summed E-state index contributed by atoms with van der Waals surface area (Å²) in [5.41, 5.74) is 2.90. The molecule has 122 valence electrons. The average molecular weight is 326 g/mol. The Morgan fingerprint density at radius 1 is 1.22 bits per heavy atom. The maximum atomic E-state index is 2.61. The first-order valence-electron chi connectivity index (χ1n) is 8.70. The van der Waals surface area contributed by atoms with Crippen LogP contribution in [0.5, 0.6) is 0 Å². The molecule has 1 nitrogen and oxygen atoms in total. The largest absolute Gasteiger partial charge is 0.296 e. The van der Waals surface area contributed by atoms with Gasteiger partial charge in [-0.1, -0.05) is 49.4 Å². The lowest BCUT2D eigenvalue weighted by molar-refractivity contribution is 0.109. The van der Waals surface area contributed by atoms with E-state index in [2.05, 4.69) is 78.2 Å². The molecule has 1 atom stereocenters. The number of hydrogen-bond donors (Lipinski definition) is 0. The highest BCUT2D eigenvalue weighted by molar-refractivity contribution is 7.08. The summed E-state index contributed by atoms with van der Waals surface area (Å²) in [4.78, 5) is 2.61. The second-order valence-electron chi connectivity index (χ2n) is 6.74. The maximum absolute atomic E-state index is 2.61. The molecule has 0 N–H and O–H groups in total. The molecule has 1 aliphatic rings. The van der Waals surface area contributed by atoms with Crippen LogP contribution < -0.4 is 0 Å². The van der Waals surface area contributed by atoms with Crippen LogP contribution in [-0.2, 0) is 5.54 Å². The fourth-order valence-electron chi connectivity index (χ4n) is 3.46. The molecule has 0 amide bonds. The van der Waals surface area contributed by atoms with Crippen molar-refractivity contribution in [3.8, 4) is 0 Å². The Morgan fingerprint density at radius 3 is 2.61 bits per heavy atom. The van der Waals surface area contributed by atoms with Gasteiger partial charge < -0.3 is 0 Å². The molecule has 1 heterocycles. The topological polar surface area (TPSA) is 3.24 Å². The van der Waals surface area contributed by atoms with Crippen molar-refractivity contribution in [1.82, 2.24) is 4.90 Å². The molecule has 1 fully saturated rings. The van der Waals surface area contributed by atoms with Gasteiger partial charge in [-0.3, -0.25) is 4.90 Å². The van der Waals surface area contributed by atoms with Crippen LogP contribution in [-0.4, -0.2) is 18.5 Å². The average Bonchev–Trinajstić information content (AvgIpc) is 3.22. The highest BCUT2D eigenvalue weighted by Crippen LogP contribution is 2.40. The van der Waals surface area contributed by atoms with E-state index in [0.717, 1.165) is 18.8 Å². The van der Waals surface area contributed by atoms with Gasteiger partial charge >= 0.3 is 0 Å². The monoisotopic (exact) mass is 325 g/mol. The van der Waals surface area contributed by atoms with E-state index in [1.54, 1.807) is 0 Å². The molecule has 1 aromatic carbocycles. The highest BCUT2D eigenvalue weighted by atomic mass is 32.1. The molecule has 0 radical (unpaired) electrons. The van der Waals surface area contributed by atoms with Crippen LogP contribution in [0.2, 0.25) is 0 Å². The Hall–Kier alpha value is -1.38. The van der Waals surface area contributed by atoms with Crippen LogP contribution in [0.4, 0.5) is 0 Å². The molecule has 0 aliphatic heterocycles. The second-order valence-corrected chi connectivity index (χ2v) is 7.52. The first-order valence-corrected chi connectivity index (χ1v) is 9.64. The fraction of sp³-hybridized carbons (Fsp3) is 0.429. The lowest BCUT2D eigenvalue weighted by Crippen LogP contribution is -2.43. The zero-order valence-electron chi connectivity index (χ0n) is 14.2. The zero-order valence-corrected chi connectivity index (χ0v) is 15.1. The highest BCUT2D eigenvalue weighted by Gasteiger charge is 2.36. The molecular weight excluding hydrogens is 298 g/mol. The van der Waals surface area contributed by atoms with E-state index in [1.807, 2.05) is 11.3 Å². The van der Waals surface area contributed by atoms with Gasteiger partial charge in [0, 0.05) is 12.1 Å². The van der Waals surface area contributed by atoms with Crippen molar-refractivity contribution < 1.29 is 0 Å². The van der Waals surface area contributed by atoms with Crippen molar-refractivity contribution in [2.75, 3.05) is 13.6 Å². The molecule has 2 aromatic rings. The van der Waals surface area contributed by atoms with Crippen LogP contribution in [0.1, 0.15) is 43.7 Å². The Balaban J connectivity index is 1.80. The van der Waals surface area contributed by atoms with Gasteiger partial charge in [-0.05, 0) is 66.6 Å². The van der Waals surface area contributed by atoms with E-state index in [0.29, 0.717) is 0 Å². The van der Waals surface area contributed by atoms with Gasteiger partial charge in [0.1, 0.15) is 0 Å². The lowest BCUT2D eigenvalue weighted by Gasteiger charge is -2.41. The van der Waals surface area contributed by atoms with E-state index in [-0.39, 0.29) is 5.54 Å². The number of hydrogen-bond acceptors (Lipinski definition) is 2. The third kappa shape index (κ3) is 3.94. The van der Waals surface area contributed by atoms with Gasteiger partial charge in [0.25, 0.3) is 0 Å². The van der Waals surface area contributed by atoms with E-state index in [1.165, 1.54) is 30.5 Å². The number of thiophene rings is 1. The Labute approximate surface area is 144 Å². The molecule has 1 unspecified atom stereocenters. The van der Waals surface area contributed by atoms with Gasteiger partial charge in [-0.15, -0.1) is 0 Å². The summed E-state index contributed by atoms with van der Waals surface area (Å²) in [5, 5.41) is 4.55. The molecule has 2 heteroatoms. The molecule has 1 saturated carbocycles. The Morgan fingerprint density at radius 2 is 2.00 bits per heavy atom. The normalized spacial score (nSPS) is 17.7. The van der Waals surface area contributed by atoms with E-state index in [4.69, 9.17) is 0 Å². The van der Waals surface area contributed by atoms with Gasteiger partial charge in [0.05, 0.1) is 0 Å². The van der Waals surface area contributed by atoms with Crippen molar-refractivity contribution in [2.45, 2.75) is 38.1 Å². The maximum Gasteiger partial charge on any atom is 0.0497 e. The van der Waals surface area contributed by atoms with Crippen LogP contribution in [0.3, 0.4) is 0 Å². The number of nitrogens with zero attached hydrogens (tertiary/aromatic N) is 1. The fourth-order valence-corrected chi connectivity index (χ4v) is 4.21. The predicted molar refractivity (Wildman–Crippen MR) is 102 cm³/mol. The van der Waals surface area contributed by atoms with Crippen molar-refractivity contribution in [3.63, 3.8) is 0 Å². The summed E-state index contributed by atoms with van der Waals surface area (Å²) in [7, 11) is 2.32. The Bertz CT molecular complexity index is 613. The molecule has 0 bridgehead atoms. The number of rotatable bonds is 8. The predicted octanol–water partition coefficient (Wildman–Crippen LogP) is 5.80.